The van der Waals surface area contributed by atoms with Crippen LogP contribution in [-0.2, 0) is 4.79 Å². The average molecular weight is 293 g/mol. The van der Waals surface area contributed by atoms with Crippen LogP contribution in [0.5, 0.6) is 0 Å². The number of benzene rings is 2. The molecule has 2 nitrogen and oxygen atoms in total. The summed E-state index contributed by atoms with van der Waals surface area (Å²) >= 11 is 0. The summed E-state index contributed by atoms with van der Waals surface area (Å²) in [5.41, 5.74) is 2.47. The highest BCUT2D eigenvalue weighted by Gasteiger charge is 2.38. The lowest BCUT2D eigenvalue weighted by atomic mass is 9.86. The molecule has 3 rings (SSSR count). The van der Waals surface area contributed by atoms with Crippen LogP contribution in [0.15, 0.2) is 60.7 Å². The SMILES string of the molecule is C[C@H](c1ccccc1)C1CCN([C@@H](C)c2ccccc2)C1=O. The molecule has 1 aliphatic heterocycles. The van der Waals surface area contributed by atoms with Gasteiger partial charge in [0.25, 0.3) is 0 Å². The smallest absolute Gasteiger partial charge is 0.226 e. The van der Waals surface area contributed by atoms with Crippen LogP contribution in [0.3, 0.4) is 0 Å². The van der Waals surface area contributed by atoms with Crippen LogP contribution in [0.25, 0.3) is 0 Å². The summed E-state index contributed by atoms with van der Waals surface area (Å²) in [7, 11) is 0. The lowest BCUT2D eigenvalue weighted by Crippen LogP contribution is -2.31. The molecule has 1 aliphatic rings. The standard InChI is InChI=1S/C20H23NO/c1-15(17-9-5-3-6-10-17)19-13-14-21(20(19)22)16(2)18-11-7-4-8-12-18/h3-12,15-16,19H,13-14H2,1-2H3/t15-,16+,19?/m1/s1. The monoisotopic (exact) mass is 293 g/mol. The lowest BCUT2D eigenvalue weighted by molar-refractivity contribution is -0.133. The molecule has 0 N–H and O–H groups in total. The van der Waals surface area contributed by atoms with Gasteiger partial charge in [0.15, 0.2) is 0 Å². The number of likely N-dealkylation sites (tertiary alicyclic amines) is 1. The van der Waals surface area contributed by atoms with E-state index in [0.717, 1.165) is 13.0 Å². The van der Waals surface area contributed by atoms with Gasteiger partial charge >= 0.3 is 0 Å². The number of hydrogen-bond acceptors (Lipinski definition) is 1. The molecule has 1 amide bonds. The van der Waals surface area contributed by atoms with Gasteiger partial charge in [-0.2, -0.15) is 0 Å². The summed E-state index contributed by atoms with van der Waals surface area (Å²) in [6, 6.07) is 20.8. The molecular formula is C20H23NO. The zero-order valence-electron chi connectivity index (χ0n) is 13.3. The van der Waals surface area contributed by atoms with Crippen LogP contribution in [0.1, 0.15) is 43.4 Å². The first-order valence-corrected chi connectivity index (χ1v) is 8.09. The molecule has 2 aromatic carbocycles. The maximum absolute atomic E-state index is 12.9. The van der Waals surface area contributed by atoms with Crippen molar-refractivity contribution in [1.29, 1.82) is 0 Å². The van der Waals surface area contributed by atoms with E-state index in [1.807, 2.05) is 29.2 Å². The fourth-order valence-electron chi connectivity index (χ4n) is 3.47. The van der Waals surface area contributed by atoms with Crippen LogP contribution in [0.2, 0.25) is 0 Å². The normalized spacial score (nSPS) is 20.9. The van der Waals surface area contributed by atoms with Gasteiger partial charge in [-0.3, -0.25) is 4.79 Å². The molecule has 22 heavy (non-hydrogen) atoms. The number of nitrogens with zero attached hydrogens (tertiary/aromatic N) is 1. The van der Waals surface area contributed by atoms with Crippen molar-refractivity contribution in [1.82, 2.24) is 4.90 Å². The second-order valence-electron chi connectivity index (χ2n) is 6.21. The highest BCUT2D eigenvalue weighted by Crippen LogP contribution is 2.36. The number of rotatable bonds is 4. The van der Waals surface area contributed by atoms with E-state index in [-0.39, 0.29) is 17.9 Å². The predicted molar refractivity (Wildman–Crippen MR) is 89.5 cm³/mol. The molecule has 1 heterocycles. The zero-order chi connectivity index (χ0) is 15.5. The third kappa shape index (κ3) is 2.78. The molecule has 2 heteroatoms. The Hall–Kier alpha value is -2.09. The Bertz CT molecular complexity index is 567. The van der Waals surface area contributed by atoms with Crippen LogP contribution in [-0.4, -0.2) is 17.4 Å². The van der Waals surface area contributed by atoms with Gasteiger partial charge < -0.3 is 4.90 Å². The van der Waals surface area contributed by atoms with E-state index < -0.39 is 0 Å². The minimum absolute atomic E-state index is 0.105. The predicted octanol–water partition coefficient (Wildman–Crippen LogP) is 4.40. The maximum Gasteiger partial charge on any atom is 0.226 e. The van der Waals surface area contributed by atoms with E-state index in [1.165, 1.54) is 11.1 Å². The quantitative estimate of drug-likeness (QED) is 0.818. The molecule has 0 saturated carbocycles. The molecule has 0 bridgehead atoms. The number of amides is 1. The summed E-state index contributed by atoms with van der Waals surface area (Å²) in [4.78, 5) is 14.9. The van der Waals surface area contributed by atoms with Gasteiger partial charge in [0, 0.05) is 12.5 Å². The molecule has 3 atom stereocenters. The molecule has 2 aromatic rings. The molecule has 0 spiro atoms. The van der Waals surface area contributed by atoms with Gasteiger partial charge in [-0.1, -0.05) is 67.6 Å². The zero-order valence-corrected chi connectivity index (χ0v) is 13.3. The second kappa shape index (κ2) is 6.35. The van der Waals surface area contributed by atoms with E-state index in [2.05, 4.69) is 50.2 Å². The van der Waals surface area contributed by atoms with E-state index >= 15 is 0 Å². The Morgan fingerprint density at radius 2 is 1.45 bits per heavy atom. The minimum atomic E-state index is 0.105. The van der Waals surface area contributed by atoms with Crippen LogP contribution in [0.4, 0.5) is 0 Å². The van der Waals surface area contributed by atoms with Crippen molar-refractivity contribution in [3.63, 3.8) is 0 Å². The van der Waals surface area contributed by atoms with Gasteiger partial charge in [0.2, 0.25) is 5.91 Å². The fourth-order valence-corrected chi connectivity index (χ4v) is 3.47. The fraction of sp³-hybridized carbons (Fsp3) is 0.350. The minimum Gasteiger partial charge on any atom is -0.336 e. The lowest BCUT2D eigenvalue weighted by Gasteiger charge is -2.26. The van der Waals surface area contributed by atoms with E-state index in [4.69, 9.17) is 0 Å². The first kappa shape index (κ1) is 14.8. The van der Waals surface area contributed by atoms with Gasteiger partial charge in [0.1, 0.15) is 0 Å². The Balaban J connectivity index is 1.75. The summed E-state index contributed by atoms with van der Waals surface area (Å²) in [6.07, 6.45) is 0.950. The molecule has 1 saturated heterocycles. The molecule has 0 aromatic heterocycles. The topological polar surface area (TPSA) is 20.3 Å². The van der Waals surface area contributed by atoms with Crippen molar-refractivity contribution < 1.29 is 4.79 Å². The number of hydrogen-bond donors (Lipinski definition) is 0. The van der Waals surface area contributed by atoms with Crippen molar-refractivity contribution in [2.45, 2.75) is 32.2 Å². The Morgan fingerprint density at radius 1 is 0.909 bits per heavy atom. The first-order valence-electron chi connectivity index (χ1n) is 8.09. The van der Waals surface area contributed by atoms with Crippen molar-refractivity contribution in [3.05, 3.63) is 71.8 Å². The van der Waals surface area contributed by atoms with Crippen LogP contribution < -0.4 is 0 Å². The van der Waals surface area contributed by atoms with Crippen LogP contribution in [0, 0.1) is 5.92 Å². The Morgan fingerprint density at radius 3 is 2.05 bits per heavy atom. The van der Waals surface area contributed by atoms with E-state index in [0.29, 0.717) is 5.91 Å². The highest BCUT2D eigenvalue weighted by molar-refractivity contribution is 5.82. The van der Waals surface area contributed by atoms with E-state index in [1.54, 1.807) is 0 Å². The van der Waals surface area contributed by atoms with E-state index in [9.17, 15) is 4.79 Å². The number of carbonyl (C=O) groups excluding carboxylic acids is 1. The second-order valence-corrected chi connectivity index (χ2v) is 6.21. The number of carbonyl (C=O) groups is 1. The Kier molecular flexibility index (Phi) is 4.28. The third-order valence-corrected chi connectivity index (χ3v) is 4.96. The Labute approximate surface area is 132 Å². The summed E-state index contributed by atoms with van der Waals surface area (Å²) in [5, 5.41) is 0. The molecule has 1 unspecified atom stereocenters. The van der Waals surface area contributed by atoms with Gasteiger partial charge in [-0.15, -0.1) is 0 Å². The third-order valence-electron chi connectivity index (χ3n) is 4.96. The van der Waals surface area contributed by atoms with Crippen molar-refractivity contribution in [2.24, 2.45) is 5.92 Å². The molecule has 0 radical (unpaired) electrons. The highest BCUT2D eigenvalue weighted by atomic mass is 16.2. The molecule has 0 aliphatic carbocycles. The van der Waals surface area contributed by atoms with Gasteiger partial charge in [-0.25, -0.2) is 0 Å². The van der Waals surface area contributed by atoms with Gasteiger partial charge in [0.05, 0.1) is 6.04 Å². The molecule has 1 fully saturated rings. The van der Waals surface area contributed by atoms with Crippen molar-refractivity contribution in [2.75, 3.05) is 6.54 Å². The van der Waals surface area contributed by atoms with Crippen molar-refractivity contribution >= 4 is 5.91 Å². The maximum atomic E-state index is 12.9. The first-order chi connectivity index (χ1) is 10.7. The summed E-state index contributed by atoms with van der Waals surface area (Å²) < 4.78 is 0. The molecule has 114 valence electrons. The van der Waals surface area contributed by atoms with Crippen LogP contribution >= 0.6 is 0 Å². The largest absolute Gasteiger partial charge is 0.336 e. The average Bonchev–Trinajstić information content (AvgIpc) is 2.96. The summed E-state index contributed by atoms with van der Waals surface area (Å²) in [5.74, 6) is 0.683. The van der Waals surface area contributed by atoms with Gasteiger partial charge in [-0.05, 0) is 30.4 Å². The molecular weight excluding hydrogens is 270 g/mol. The summed E-state index contributed by atoms with van der Waals surface area (Å²) in [6.45, 7) is 5.16. The van der Waals surface area contributed by atoms with Crippen molar-refractivity contribution in [3.8, 4) is 0 Å².